The van der Waals surface area contributed by atoms with E-state index in [9.17, 15) is 0 Å². The Hall–Kier alpha value is -1.59. The highest BCUT2D eigenvalue weighted by Crippen LogP contribution is 2.45. The summed E-state index contributed by atoms with van der Waals surface area (Å²) in [6, 6.07) is 14.8. The third kappa shape index (κ3) is 2.50. The molecule has 2 aromatic rings. The highest BCUT2D eigenvalue weighted by atomic mass is 79.9. The van der Waals surface area contributed by atoms with Gasteiger partial charge in [-0.25, -0.2) is 0 Å². The van der Waals surface area contributed by atoms with Crippen molar-refractivity contribution < 1.29 is 4.74 Å². The summed E-state index contributed by atoms with van der Waals surface area (Å²) < 4.78 is 7.49. The molecule has 0 aromatic heterocycles. The van der Waals surface area contributed by atoms with Crippen molar-refractivity contribution in [3.05, 3.63) is 58.1 Å². The molecule has 4 rings (SSSR count). The lowest BCUT2D eigenvalue weighted by molar-refractivity contribution is 0.0497. The van der Waals surface area contributed by atoms with Crippen LogP contribution in [0.3, 0.4) is 0 Å². The predicted octanol–water partition coefficient (Wildman–Crippen LogP) is 4.95. The molecule has 2 atom stereocenters. The van der Waals surface area contributed by atoms with Gasteiger partial charge in [-0.05, 0) is 61.5 Å². The Labute approximate surface area is 156 Å². The van der Waals surface area contributed by atoms with Crippen molar-refractivity contribution in [3.63, 3.8) is 0 Å². The second kappa shape index (κ2) is 5.74. The van der Waals surface area contributed by atoms with Gasteiger partial charge in [-0.15, -0.1) is 0 Å². The Bertz CT molecular complexity index is 808. The molecule has 0 unspecified atom stereocenters. The average molecular weight is 403 g/mol. The van der Waals surface area contributed by atoms with Gasteiger partial charge in [0.15, 0.2) is 10.8 Å². The lowest BCUT2D eigenvalue weighted by Gasteiger charge is -2.52. The molecule has 2 aliphatic rings. The number of benzene rings is 2. The monoisotopic (exact) mass is 402 g/mol. The minimum Gasteiger partial charge on any atom is -0.467 e. The molecular formula is C19H19BrN2OS. The first kappa shape index (κ1) is 15.9. The van der Waals surface area contributed by atoms with Crippen LogP contribution < -0.4 is 15.0 Å². The van der Waals surface area contributed by atoms with Gasteiger partial charge in [-0.1, -0.05) is 35.0 Å². The quantitative estimate of drug-likeness (QED) is 0.718. The van der Waals surface area contributed by atoms with Crippen molar-refractivity contribution in [2.24, 2.45) is 0 Å². The minimum absolute atomic E-state index is 0.199. The predicted molar refractivity (Wildman–Crippen MR) is 105 cm³/mol. The first-order chi connectivity index (χ1) is 11.5. The molecule has 2 heterocycles. The summed E-state index contributed by atoms with van der Waals surface area (Å²) in [6.45, 7) is 4.29. The average Bonchev–Trinajstić information content (AvgIpc) is 2.55. The zero-order valence-electron chi connectivity index (χ0n) is 13.7. The van der Waals surface area contributed by atoms with Crippen LogP contribution in [0.15, 0.2) is 46.9 Å². The lowest BCUT2D eigenvalue weighted by atomic mass is 9.89. The molecule has 0 aliphatic carbocycles. The first-order valence-electron chi connectivity index (χ1n) is 8.18. The Balaban J connectivity index is 1.77. The zero-order valence-corrected chi connectivity index (χ0v) is 16.1. The molecule has 1 fully saturated rings. The van der Waals surface area contributed by atoms with Crippen molar-refractivity contribution in [2.75, 3.05) is 4.90 Å². The fourth-order valence-corrected chi connectivity index (χ4v) is 4.33. The molecular weight excluding hydrogens is 384 g/mol. The van der Waals surface area contributed by atoms with Gasteiger partial charge in [0.2, 0.25) is 0 Å². The summed E-state index contributed by atoms with van der Waals surface area (Å²) in [4.78, 5) is 2.09. The number of aryl methyl sites for hydroxylation is 1. The van der Waals surface area contributed by atoms with Crippen LogP contribution in [-0.2, 0) is 6.42 Å². The summed E-state index contributed by atoms with van der Waals surface area (Å²) >= 11 is 9.17. The summed E-state index contributed by atoms with van der Waals surface area (Å²) in [7, 11) is 0. The number of nitrogens with one attached hydrogen (secondary N) is 1. The molecule has 2 aromatic carbocycles. The zero-order chi connectivity index (χ0) is 16.9. The number of rotatable bonds is 2. The molecule has 5 heteroatoms. The second-order valence-corrected chi connectivity index (χ2v) is 7.82. The van der Waals surface area contributed by atoms with Gasteiger partial charge in [0, 0.05) is 22.1 Å². The number of thiocarbonyl (C=S) groups is 1. The fourth-order valence-electron chi connectivity index (χ4n) is 3.62. The van der Waals surface area contributed by atoms with Crippen molar-refractivity contribution in [1.29, 1.82) is 0 Å². The van der Waals surface area contributed by atoms with Crippen molar-refractivity contribution in [3.8, 4) is 5.75 Å². The van der Waals surface area contributed by atoms with Crippen molar-refractivity contribution >= 4 is 38.9 Å². The Morgan fingerprint density at radius 1 is 1.29 bits per heavy atom. The van der Waals surface area contributed by atoms with Gasteiger partial charge in [0.05, 0.1) is 6.04 Å². The van der Waals surface area contributed by atoms with Crippen LogP contribution in [0.1, 0.15) is 37.4 Å². The van der Waals surface area contributed by atoms with Crippen LogP contribution in [0, 0.1) is 0 Å². The van der Waals surface area contributed by atoms with Crippen LogP contribution >= 0.6 is 28.1 Å². The largest absolute Gasteiger partial charge is 0.467 e. The Morgan fingerprint density at radius 3 is 2.75 bits per heavy atom. The number of hydrogen-bond acceptors (Lipinski definition) is 2. The SMILES string of the molecule is CCc1ccc2c(c1)[C@H]1C[C@@](C)(O2)N(c2ccc(Br)cc2)C(=S)N1. The van der Waals surface area contributed by atoms with Gasteiger partial charge in [-0.3, -0.25) is 4.90 Å². The maximum absolute atomic E-state index is 6.44. The first-order valence-corrected chi connectivity index (χ1v) is 9.38. The molecule has 2 aliphatic heterocycles. The van der Waals surface area contributed by atoms with E-state index in [-0.39, 0.29) is 6.04 Å². The molecule has 24 heavy (non-hydrogen) atoms. The third-order valence-corrected chi connectivity index (χ3v) is 5.66. The molecule has 0 spiro atoms. The number of anilines is 1. The number of nitrogens with zero attached hydrogens (tertiary/aromatic N) is 1. The molecule has 0 radical (unpaired) electrons. The number of hydrogen-bond donors (Lipinski definition) is 1. The molecule has 1 N–H and O–H groups in total. The van der Waals surface area contributed by atoms with E-state index < -0.39 is 5.72 Å². The fraction of sp³-hybridized carbons (Fsp3) is 0.316. The molecule has 0 amide bonds. The number of halogens is 1. The molecule has 3 nitrogen and oxygen atoms in total. The Morgan fingerprint density at radius 2 is 2.04 bits per heavy atom. The van der Waals surface area contributed by atoms with Crippen LogP contribution in [-0.4, -0.2) is 10.8 Å². The highest BCUT2D eigenvalue weighted by molar-refractivity contribution is 9.10. The standard InChI is InChI=1S/C19H19BrN2OS/c1-3-12-4-9-17-15(10-12)16-11-19(2,23-17)22(18(24)21-16)14-7-5-13(20)6-8-14/h4-10,16H,3,11H2,1-2H3,(H,21,24)/t16-,19-/m1/s1. The summed E-state index contributed by atoms with van der Waals surface area (Å²) in [5, 5.41) is 4.22. The van der Waals surface area contributed by atoms with Crippen LogP contribution in [0.5, 0.6) is 5.75 Å². The van der Waals surface area contributed by atoms with E-state index in [0.717, 1.165) is 28.8 Å². The van der Waals surface area contributed by atoms with E-state index in [4.69, 9.17) is 17.0 Å². The van der Waals surface area contributed by atoms with Crippen LogP contribution in [0.4, 0.5) is 5.69 Å². The van der Waals surface area contributed by atoms with Crippen molar-refractivity contribution in [1.82, 2.24) is 5.32 Å². The summed E-state index contributed by atoms with van der Waals surface area (Å²) in [6.07, 6.45) is 1.87. The maximum atomic E-state index is 6.44. The van der Waals surface area contributed by atoms with E-state index in [0.29, 0.717) is 5.11 Å². The summed E-state index contributed by atoms with van der Waals surface area (Å²) in [5.74, 6) is 0.947. The molecule has 2 bridgehead atoms. The van der Waals surface area contributed by atoms with Gasteiger partial charge < -0.3 is 10.1 Å². The molecule has 1 saturated heterocycles. The van der Waals surface area contributed by atoms with Crippen molar-refractivity contribution in [2.45, 2.75) is 38.5 Å². The number of fused-ring (bicyclic) bond motifs is 4. The minimum atomic E-state index is -0.485. The third-order valence-electron chi connectivity index (χ3n) is 4.83. The summed E-state index contributed by atoms with van der Waals surface area (Å²) in [5.41, 5.74) is 3.08. The lowest BCUT2D eigenvalue weighted by Crippen LogP contribution is -2.65. The van der Waals surface area contributed by atoms with E-state index in [2.05, 4.69) is 70.3 Å². The van der Waals surface area contributed by atoms with Gasteiger partial charge in [-0.2, -0.15) is 0 Å². The van der Waals surface area contributed by atoms with Gasteiger partial charge >= 0.3 is 0 Å². The normalized spacial score (nSPS) is 24.9. The van der Waals surface area contributed by atoms with Gasteiger partial charge in [0.25, 0.3) is 0 Å². The van der Waals surface area contributed by atoms with E-state index in [1.807, 2.05) is 12.1 Å². The van der Waals surface area contributed by atoms with E-state index >= 15 is 0 Å². The highest BCUT2D eigenvalue weighted by Gasteiger charge is 2.48. The van der Waals surface area contributed by atoms with E-state index in [1.165, 1.54) is 11.1 Å². The molecule has 0 saturated carbocycles. The van der Waals surface area contributed by atoms with E-state index in [1.54, 1.807) is 0 Å². The van der Waals surface area contributed by atoms with Crippen LogP contribution in [0.25, 0.3) is 0 Å². The second-order valence-electron chi connectivity index (χ2n) is 6.52. The molecule has 124 valence electrons. The topological polar surface area (TPSA) is 24.5 Å². The van der Waals surface area contributed by atoms with Crippen LogP contribution in [0.2, 0.25) is 0 Å². The van der Waals surface area contributed by atoms with Gasteiger partial charge in [0.1, 0.15) is 5.75 Å². The maximum Gasteiger partial charge on any atom is 0.188 e. The smallest absolute Gasteiger partial charge is 0.188 e. The number of ether oxygens (including phenoxy) is 1. The Kier molecular flexibility index (Phi) is 3.81.